The van der Waals surface area contributed by atoms with Gasteiger partial charge in [0.15, 0.2) is 11.5 Å². The van der Waals surface area contributed by atoms with E-state index in [1.807, 2.05) is 18.2 Å². The third kappa shape index (κ3) is 2.46. The molecule has 1 saturated heterocycles. The maximum Gasteiger partial charge on any atom is 0.161 e. The molecule has 0 unspecified atom stereocenters. The van der Waals surface area contributed by atoms with E-state index in [0.29, 0.717) is 30.6 Å². The van der Waals surface area contributed by atoms with Crippen molar-refractivity contribution in [3.63, 3.8) is 0 Å². The van der Waals surface area contributed by atoms with Crippen LogP contribution in [0.25, 0.3) is 11.1 Å². The Bertz CT molecular complexity index is 966. The van der Waals surface area contributed by atoms with Gasteiger partial charge >= 0.3 is 0 Å². The van der Waals surface area contributed by atoms with Crippen LogP contribution >= 0.6 is 0 Å². The zero-order valence-electron chi connectivity index (χ0n) is 15.4. The largest absolute Gasteiger partial charge is 0.486 e. The van der Waals surface area contributed by atoms with E-state index in [9.17, 15) is 5.26 Å². The molecule has 0 spiro atoms. The molecule has 6 nitrogen and oxygen atoms in total. The van der Waals surface area contributed by atoms with Crippen LogP contribution in [0.4, 0.5) is 5.82 Å². The van der Waals surface area contributed by atoms with Crippen molar-refractivity contribution in [3.05, 3.63) is 35.0 Å². The highest BCUT2D eigenvalue weighted by Crippen LogP contribution is 2.47. The number of nitriles is 1. The SMILES string of the molecule is CN1[C@H]2CCC[C@@H]1c1c(nc(N)c(C#N)c1-c1ccc3c(c1)OCCO3)C2. The zero-order chi connectivity index (χ0) is 18.5. The van der Waals surface area contributed by atoms with Crippen LogP contribution in [-0.4, -0.2) is 36.2 Å². The van der Waals surface area contributed by atoms with E-state index in [1.165, 1.54) is 12.8 Å². The Labute approximate surface area is 158 Å². The monoisotopic (exact) mass is 362 g/mol. The highest BCUT2D eigenvalue weighted by molar-refractivity contribution is 5.81. The minimum Gasteiger partial charge on any atom is -0.486 e. The Balaban J connectivity index is 1.76. The molecule has 5 rings (SSSR count). The minimum atomic E-state index is 0.274. The molecule has 3 aliphatic rings. The van der Waals surface area contributed by atoms with Gasteiger partial charge in [-0.3, -0.25) is 4.90 Å². The van der Waals surface area contributed by atoms with E-state index in [0.717, 1.165) is 46.7 Å². The number of fused-ring (bicyclic) bond motifs is 5. The Morgan fingerprint density at radius 1 is 1.22 bits per heavy atom. The van der Waals surface area contributed by atoms with Crippen LogP contribution in [0.5, 0.6) is 11.5 Å². The van der Waals surface area contributed by atoms with Gasteiger partial charge in [-0.1, -0.05) is 6.07 Å². The molecule has 2 N–H and O–H groups in total. The quantitative estimate of drug-likeness (QED) is 0.839. The minimum absolute atomic E-state index is 0.274. The van der Waals surface area contributed by atoms with Crippen LogP contribution in [0.1, 0.15) is 42.1 Å². The molecule has 0 aliphatic carbocycles. The lowest BCUT2D eigenvalue weighted by Crippen LogP contribution is -2.45. The van der Waals surface area contributed by atoms with Crippen molar-refractivity contribution in [2.24, 2.45) is 0 Å². The maximum atomic E-state index is 9.85. The summed E-state index contributed by atoms with van der Waals surface area (Å²) >= 11 is 0. The lowest BCUT2D eigenvalue weighted by Gasteiger charge is -2.45. The van der Waals surface area contributed by atoms with Gasteiger partial charge in [-0.25, -0.2) is 4.98 Å². The summed E-state index contributed by atoms with van der Waals surface area (Å²) in [6.45, 7) is 1.09. The first-order chi connectivity index (χ1) is 13.2. The lowest BCUT2D eigenvalue weighted by atomic mass is 9.78. The molecule has 3 aliphatic heterocycles. The Morgan fingerprint density at radius 2 is 2.04 bits per heavy atom. The van der Waals surface area contributed by atoms with Crippen LogP contribution in [0.3, 0.4) is 0 Å². The number of ether oxygens (including phenoxy) is 2. The Morgan fingerprint density at radius 3 is 2.85 bits per heavy atom. The average Bonchev–Trinajstić information content (AvgIpc) is 2.67. The molecule has 138 valence electrons. The fourth-order valence-corrected chi connectivity index (χ4v) is 4.82. The maximum absolute atomic E-state index is 9.85. The fourth-order valence-electron chi connectivity index (χ4n) is 4.82. The van der Waals surface area contributed by atoms with E-state index in [-0.39, 0.29) is 6.04 Å². The molecule has 4 heterocycles. The number of likely N-dealkylation sites (N-methyl/N-ethyl adjacent to an activating group) is 1. The van der Waals surface area contributed by atoms with Gasteiger partial charge in [-0.05, 0) is 44.0 Å². The number of pyridine rings is 1. The third-order valence-corrected chi connectivity index (χ3v) is 6.13. The predicted molar refractivity (Wildman–Crippen MR) is 102 cm³/mol. The van der Waals surface area contributed by atoms with E-state index >= 15 is 0 Å². The molecular weight excluding hydrogens is 340 g/mol. The number of benzene rings is 1. The van der Waals surface area contributed by atoms with Crippen molar-refractivity contribution in [2.75, 3.05) is 26.0 Å². The summed E-state index contributed by atoms with van der Waals surface area (Å²) in [5.41, 5.74) is 10.7. The second-order valence-corrected chi connectivity index (χ2v) is 7.55. The van der Waals surface area contributed by atoms with Crippen LogP contribution in [0.15, 0.2) is 18.2 Å². The summed E-state index contributed by atoms with van der Waals surface area (Å²) in [5, 5.41) is 9.85. The number of anilines is 1. The van der Waals surface area contributed by atoms with E-state index in [1.54, 1.807) is 0 Å². The summed E-state index contributed by atoms with van der Waals surface area (Å²) < 4.78 is 11.4. The number of rotatable bonds is 1. The van der Waals surface area contributed by atoms with Crippen molar-refractivity contribution >= 4 is 5.82 Å². The molecular formula is C21H22N4O2. The summed E-state index contributed by atoms with van der Waals surface area (Å²) in [4.78, 5) is 7.10. The molecule has 2 bridgehead atoms. The first kappa shape index (κ1) is 16.4. The summed E-state index contributed by atoms with van der Waals surface area (Å²) in [7, 11) is 2.19. The zero-order valence-corrected chi connectivity index (χ0v) is 15.4. The summed E-state index contributed by atoms with van der Waals surface area (Å²) in [5.74, 6) is 1.79. The van der Waals surface area contributed by atoms with Crippen molar-refractivity contribution in [1.82, 2.24) is 9.88 Å². The van der Waals surface area contributed by atoms with Gasteiger partial charge in [0.2, 0.25) is 0 Å². The van der Waals surface area contributed by atoms with Crippen LogP contribution < -0.4 is 15.2 Å². The lowest BCUT2D eigenvalue weighted by molar-refractivity contribution is 0.0988. The van der Waals surface area contributed by atoms with Crippen LogP contribution in [0.2, 0.25) is 0 Å². The highest BCUT2D eigenvalue weighted by Gasteiger charge is 2.38. The number of nitrogens with two attached hydrogens (primary N) is 1. The fraction of sp³-hybridized carbons (Fsp3) is 0.429. The van der Waals surface area contributed by atoms with Gasteiger partial charge < -0.3 is 15.2 Å². The second kappa shape index (κ2) is 6.14. The van der Waals surface area contributed by atoms with E-state index in [4.69, 9.17) is 15.2 Å². The smallest absolute Gasteiger partial charge is 0.161 e. The molecule has 0 radical (unpaired) electrons. The molecule has 27 heavy (non-hydrogen) atoms. The van der Waals surface area contributed by atoms with Crippen molar-refractivity contribution in [2.45, 2.75) is 37.8 Å². The van der Waals surface area contributed by atoms with Crippen LogP contribution in [0, 0.1) is 11.3 Å². The van der Waals surface area contributed by atoms with Gasteiger partial charge in [0.05, 0.1) is 0 Å². The molecule has 6 heteroatoms. The molecule has 1 aromatic carbocycles. The van der Waals surface area contributed by atoms with Crippen molar-refractivity contribution in [3.8, 4) is 28.7 Å². The molecule has 2 aromatic rings. The first-order valence-corrected chi connectivity index (χ1v) is 9.51. The predicted octanol–water partition coefficient (Wildman–Crippen LogP) is 3.06. The normalized spacial score (nSPS) is 23.4. The van der Waals surface area contributed by atoms with Gasteiger partial charge in [0.1, 0.15) is 30.7 Å². The van der Waals surface area contributed by atoms with E-state index < -0.39 is 0 Å². The number of nitrogen functional groups attached to an aromatic ring is 1. The number of hydrogen-bond donors (Lipinski definition) is 1. The first-order valence-electron chi connectivity index (χ1n) is 9.51. The topological polar surface area (TPSA) is 84.4 Å². The molecule has 2 atom stereocenters. The van der Waals surface area contributed by atoms with Crippen LogP contribution in [-0.2, 0) is 6.42 Å². The summed E-state index contributed by atoms with van der Waals surface area (Å²) in [6.07, 6.45) is 4.35. The average molecular weight is 362 g/mol. The molecule has 1 fully saturated rings. The second-order valence-electron chi connectivity index (χ2n) is 7.55. The van der Waals surface area contributed by atoms with E-state index in [2.05, 4.69) is 23.0 Å². The highest BCUT2D eigenvalue weighted by atomic mass is 16.6. The Hall–Kier alpha value is -2.78. The molecule has 0 amide bonds. The number of hydrogen-bond acceptors (Lipinski definition) is 6. The Kier molecular flexibility index (Phi) is 3.73. The van der Waals surface area contributed by atoms with Gasteiger partial charge in [0, 0.05) is 35.3 Å². The van der Waals surface area contributed by atoms with Crippen molar-refractivity contribution < 1.29 is 9.47 Å². The number of nitrogens with zero attached hydrogens (tertiary/aromatic N) is 3. The third-order valence-electron chi connectivity index (χ3n) is 6.13. The molecule has 1 aromatic heterocycles. The number of aromatic nitrogens is 1. The summed E-state index contributed by atoms with van der Waals surface area (Å²) in [6, 6.07) is 8.97. The van der Waals surface area contributed by atoms with Gasteiger partial charge in [0.25, 0.3) is 0 Å². The van der Waals surface area contributed by atoms with Gasteiger partial charge in [-0.2, -0.15) is 5.26 Å². The van der Waals surface area contributed by atoms with Crippen molar-refractivity contribution in [1.29, 1.82) is 5.26 Å². The standard InChI is InChI=1S/C21H22N4O2/c1-25-13-3-2-4-16(25)20-15(10-13)24-21(23)14(11-22)19(20)12-5-6-17-18(9-12)27-8-7-26-17/h5-6,9,13,16H,2-4,7-8,10H2,1H3,(H2,23,24)/t13-,16+/m0/s1. The molecule has 0 saturated carbocycles. The number of piperidine rings is 1. The van der Waals surface area contributed by atoms with Gasteiger partial charge in [-0.15, -0.1) is 0 Å².